The monoisotopic (exact) mass is 414 g/mol. The summed E-state index contributed by atoms with van der Waals surface area (Å²) in [5, 5.41) is 2.97. The number of amides is 1. The molecule has 2 aromatic carbocycles. The molecule has 1 amide bonds. The maximum Gasteiger partial charge on any atom is 0.250 e. The number of ether oxygens (including phenoxy) is 1. The maximum atomic E-state index is 13.2. The minimum Gasteiger partial charge on any atom is -0.497 e. The van der Waals surface area contributed by atoms with Crippen LogP contribution in [0.2, 0.25) is 0 Å². The summed E-state index contributed by atoms with van der Waals surface area (Å²) in [5.74, 6) is -2.62. The third-order valence-corrected chi connectivity index (χ3v) is 4.87. The van der Waals surface area contributed by atoms with Crippen LogP contribution in [0.25, 0.3) is 11.3 Å². The van der Waals surface area contributed by atoms with Gasteiger partial charge in [0.2, 0.25) is 5.91 Å². The molecule has 0 bridgehead atoms. The quantitative estimate of drug-likeness (QED) is 0.466. The summed E-state index contributed by atoms with van der Waals surface area (Å²) in [6.45, 7) is 1.88. The first-order valence-corrected chi connectivity index (χ1v) is 9.29. The van der Waals surface area contributed by atoms with Crippen molar-refractivity contribution in [2.24, 2.45) is 0 Å². The second kappa shape index (κ2) is 8.74. The van der Waals surface area contributed by atoms with E-state index < -0.39 is 23.3 Å². The molecule has 0 aliphatic carbocycles. The number of carbonyl (C=O) groups is 2. The van der Waals surface area contributed by atoms with E-state index in [1.165, 1.54) is 11.3 Å². The SMILES string of the molecule is COc1ccc(-c2nc(NC(=O)/C=C/C(=O)c3ccc(F)c(F)c3)sc2C)cc1. The minimum atomic E-state index is -1.13. The number of aromatic nitrogens is 1. The average molecular weight is 414 g/mol. The Morgan fingerprint density at radius 1 is 1.07 bits per heavy atom. The fourth-order valence-corrected chi connectivity index (χ4v) is 3.35. The van der Waals surface area contributed by atoms with E-state index in [0.717, 1.165) is 52.2 Å². The molecular weight excluding hydrogens is 398 g/mol. The zero-order valence-corrected chi connectivity index (χ0v) is 16.3. The number of benzene rings is 2. The lowest BCUT2D eigenvalue weighted by atomic mass is 10.1. The van der Waals surface area contributed by atoms with Crippen molar-refractivity contribution in [1.29, 1.82) is 0 Å². The van der Waals surface area contributed by atoms with Crippen molar-refractivity contribution in [2.45, 2.75) is 6.92 Å². The Labute approximate surface area is 169 Å². The van der Waals surface area contributed by atoms with Crippen LogP contribution in [0.15, 0.2) is 54.6 Å². The number of nitrogens with one attached hydrogen (secondary N) is 1. The summed E-state index contributed by atoms with van der Waals surface area (Å²) in [6.07, 6.45) is 2.01. The summed E-state index contributed by atoms with van der Waals surface area (Å²) in [4.78, 5) is 29.4. The molecule has 0 radical (unpaired) electrons. The van der Waals surface area contributed by atoms with Crippen LogP contribution >= 0.6 is 11.3 Å². The van der Waals surface area contributed by atoms with Gasteiger partial charge in [0, 0.05) is 22.1 Å². The van der Waals surface area contributed by atoms with Gasteiger partial charge in [-0.05, 0) is 55.5 Å². The zero-order chi connectivity index (χ0) is 21.0. The van der Waals surface area contributed by atoms with Crippen molar-refractivity contribution in [3.63, 3.8) is 0 Å². The number of nitrogens with zero attached hydrogens (tertiary/aromatic N) is 1. The first-order valence-electron chi connectivity index (χ1n) is 8.47. The second-order valence-corrected chi connectivity index (χ2v) is 7.17. The third kappa shape index (κ3) is 4.91. The van der Waals surface area contributed by atoms with Gasteiger partial charge >= 0.3 is 0 Å². The molecule has 148 valence electrons. The highest BCUT2D eigenvalue weighted by Gasteiger charge is 2.12. The molecule has 29 heavy (non-hydrogen) atoms. The van der Waals surface area contributed by atoms with Crippen LogP contribution in [0.4, 0.5) is 13.9 Å². The highest BCUT2D eigenvalue weighted by molar-refractivity contribution is 7.16. The van der Waals surface area contributed by atoms with Crippen molar-refractivity contribution in [1.82, 2.24) is 4.98 Å². The number of methoxy groups -OCH3 is 1. The molecule has 0 aliphatic heterocycles. The number of halogens is 2. The third-order valence-electron chi connectivity index (χ3n) is 3.98. The fraction of sp³-hybridized carbons (Fsp3) is 0.0952. The molecular formula is C21H16F2N2O3S. The lowest BCUT2D eigenvalue weighted by Crippen LogP contribution is -2.08. The van der Waals surface area contributed by atoms with E-state index in [1.807, 2.05) is 31.2 Å². The lowest BCUT2D eigenvalue weighted by molar-refractivity contribution is -0.111. The molecule has 8 heteroatoms. The van der Waals surface area contributed by atoms with Gasteiger partial charge in [-0.3, -0.25) is 14.9 Å². The van der Waals surface area contributed by atoms with E-state index in [-0.39, 0.29) is 5.56 Å². The molecule has 0 fully saturated rings. The molecule has 1 aromatic heterocycles. The number of ketones is 1. The topological polar surface area (TPSA) is 68.3 Å². The second-order valence-electron chi connectivity index (χ2n) is 5.97. The van der Waals surface area contributed by atoms with Gasteiger partial charge in [0.15, 0.2) is 22.5 Å². The predicted molar refractivity (Wildman–Crippen MR) is 107 cm³/mol. The lowest BCUT2D eigenvalue weighted by Gasteiger charge is -2.01. The van der Waals surface area contributed by atoms with Crippen molar-refractivity contribution in [2.75, 3.05) is 12.4 Å². The molecule has 0 spiro atoms. The van der Waals surface area contributed by atoms with Gasteiger partial charge in [0.1, 0.15) is 5.75 Å². The first-order chi connectivity index (χ1) is 13.9. The zero-order valence-electron chi connectivity index (χ0n) is 15.5. The van der Waals surface area contributed by atoms with Gasteiger partial charge in [-0.2, -0.15) is 0 Å². The molecule has 3 aromatic rings. The minimum absolute atomic E-state index is 0.0557. The highest BCUT2D eigenvalue weighted by atomic mass is 32.1. The largest absolute Gasteiger partial charge is 0.497 e. The summed E-state index contributed by atoms with van der Waals surface area (Å²) in [7, 11) is 1.58. The van der Waals surface area contributed by atoms with Crippen LogP contribution in [0.3, 0.4) is 0 Å². The highest BCUT2D eigenvalue weighted by Crippen LogP contribution is 2.31. The number of allylic oxidation sites excluding steroid dienone is 1. The van der Waals surface area contributed by atoms with Gasteiger partial charge in [-0.15, -0.1) is 11.3 Å². The van der Waals surface area contributed by atoms with Gasteiger partial charge in [-0.25, -0.2) is 13.8 Å². The Kier molecular flexibility index (Phi) is 6.13. The predicted octanol–water partition coefficient (Wildman–Crippen LogP) is 4.78. The number of rotatable bonds is 6. The van der Waals surface area contributed by atoms with Crippen LogP contribution < -0.4 is 10.1 Å². The number of anilines is 1. The van der Waals surface area contributed by atoms with Crippen LogP contribution in [0.5, 0.6) is 5.75 Å². The molecule has 0 aliphatic rings. The van der Waals surface area contributed by atoms with E-state index in [1.54, 1.807) is 7.11 Å². The molecule has 1 heterocycles. The Morgan fingerprint density at radius 3 is 2.45 bits per heavy atom. The Balaban J connectivity index is 1.68. The van der Waals surface area contributed by atoms with Crippen LogP contribution in [0, 0.1) is 18.6 Å². The molecule has 0 saturated heterocycles. The Bertz CT molecular complexity index is 1090. The van der Waals surface area contributed by atoms with Gasteiger partial charge in [0.25, 0.3) is 0 Å². The Morgan fingerprint density at radius 2 is 1.79 bits per heavy atom. The van der Waals surface area contributed by atoms with Crippen LogP contribution in [0.1, 0.15) is 15.2 Å². The molecule has 0 saturated carbocycles. The van der Waals surface area contributed by atoms with Gasteiger partial charge in [0.05, 0.1) is 12.8 Å². The fourth-order valence-electron chi connectivity index (χ4n) is 2.51. The standard InChI is InChI=1S/C21H16F2N2O3S/c1-12-20(13-3-6-15(28-2)7-4-13)25-21(29-12)24-19(27)10-9-18(26)14-5-8-16(22)17(23)11-14/h3-11H,1-2H3,(H,24,25,27)/b10-9+. The van der Waals surface area contributed by atoms with E-state index in [9.17, 15) is 18.4 Å². The molecule has 1 N–H and O–H groups in total. The average Bonchev–Trinajstić information content (AvgIpc) is 3.08. The normalized spacial score (nSPS) is 10.9. The summed E-state index contributed by atoms with van der Waals surface area (Å²) < 4.78 is 31.3. The number of aryl methyl sites for hydroxylation is 1. The van der Waals surface area contributed by atoms with Crippen LogP contribution in [-0.4, -0.2) is 23.8 Å². The van der Waals surface area contributed by atoms with Crippen molar-refractivity contribution in [3.05, 3.63) is 76.7 Å². The molecule has 0 atom stereocenters. The van der Waals surface area contributed by atoms with E-state index in [4.69, 9.17) is 4.74 Å². The first kappa shape index (κ1) is 20.3. The molecule has 5 nitrogen and oxygen atoms in total. The van der Waals surface area contributed by atoms with Crippen molar-refractivity contribution in [3.8, 4) is 17.0 Å². The summed E-state index contributed by atoms with van der Waals surface area (Å²) in [6, 6.07) is 10.2. The van der Waals surface area contributed by atoms with Crippen molar-refractivity contribution < 1.29 is 23.1 Å². The van der Waals surface area contributed by atoms with Gasteiger partial charge < -0.3 is 4.74 Å². The number of carbonyl (C=O) groups excluding carboxylic acids is 2. The number of thiazole rings is 1. The molecule has 0 unspecified atom stereocenters. The van der Waals surface area contributed by atoms with E-state index in [0.29, 0.717) is 5.13 Å². The number of hydrogen-bond acceptors (Lipinski definition) is 5. The van der Waals surface area contributed by atoms with Gasteiger partial charge in [-0.1, -0.05) is 0 Å². The Hall–Kier alpha value is -3.39. The molecule has 3 rings (SSSR count). The summed E-state index contributed by atoms with van der Waals surface area (Å²) >= 11 is 1.30. The smallest absolute Gasteiger partial charge is 0.250 e. The van der Waals surface area contributed by atoms with E-state index in [2.05, 4.69) is 10.3 Å². The maximum absolute atomic E-state index is 13.2. The van der Waals surface area contributed by atoms with Crippen LogP contribution in [-0.2, 0) is 4.79 Å². The van der Waals surface area contributed by atoms with E-state index >= 15 is 0 Å². The number of hydrogen-bond donors (Lipinski definition) is 1. The summed E-state index contributed by atoms with van der Waals surface area (Å²) in [5.41, 5.74) is 1.55. The van der Waals surface area contributed by atoms with Crippen molar-refractivity contribution >= 4 is 28.2 Å².